The fourth-order valence-corrected chi connectivity index (χ4v) is 4.84. The van der Waals surface area contributed by atoms with Crippen molar-refractivity contribution in [3.8, 4) is 0 Å². The van der Waals surface area contributed by atoms with Gasteiger partial charge in [0.2, 0.25) is 0 Å². The average molecular weight is 371 g/mol. The van der Waals surface area contributed by atoms with Crippen molar-refractivity contribution < 1.29 is 9.90 Å². The third-order valence-corrected chi connectivity index (χ3v) is 6.10. The molecule has 1 aliphatic carbocycles. The summed E-state index contributed by atoms with van der Waals surface area (Å²) < 4.78 is 0. The maximum Gasteiger partial charge on any atom is 0.335 e. The van der Waals surface area contributed by atoms with Crippen LogP contribution in [-0.4, -0.2) is 27.3 Å². The Labute approximate surface area is 153 Å². The summed E-state index contributed by atoms with van der Waals surface area (Å²) in [6, 6.07) is 6.74. The number of hydrogen-bond acceptors (Lipinski definition) is 6. The number of thioether (sulfide) groups is 1. The van der Waals surface area contributed by atoms with Gasteiger partial charge in [0.05, 0.1) is 10.9 Å². The molecule has 2 aromatic heterocycles. The largest absolute Gasteiger partial charge is 0.478 e. The summed E-state index contributed by atoms with van der Waals surface area (Å²) in [6.07, 6.45) is 6.61. The Kier molecular flexibility index (Phi) is 4.35. The molecule has 0 saturated carbocycles. The first kappa shape index (κ1) is 16.4. The molecule has 0 bridgehead atoms. The lowest BCUT2D eigenvalue weighted by molar-refractivity contribution is 0.0697. The number of benzene rings is 1. The van der Waals surface area contributed by atoms with E-state index in [1.54, 1.807) is 35.6 Å². The number of anilines is 2. The highest BCUT2D eigenvalue weighted by atomic mass is 32.2. The number of aryl methyl sites for hydroxylation is 2. The van der Waals surface area contributed by atoms with Crippen molar-refractivity contribution >= 4 is 50.8 Å². The zero-order chi connectivity index (χ0) is 17.4. The Balaban J connectivity index is 1.79. The fraction of sp³-hybridized carbons (Fsp3) is 0.278. The molecule has 3 aromatic rings. The number of rotatable bonds is 4. The van der Waals surface area contributed by atoms with E-state index in [4.69, 9.17) is 10.1 Å². The Morgan fingerprint density at radius 1 is 1.20 bits per heavy atom. The van der Waals surface area contributed by atoms with E-state index in [0.29, 0.717) is 0 Å². The second-order valence-electron chi connectivity index (χ2n) is 5.96. The molecule has 7 heteroatoms. The van der Waals surface area contributed by atoms with Crippen LogP contribution in [0.4, 0.5) is 11.5 Å². The number of aromatic carboxylic acids is 1. The van der Waals surface area contributed by atoms with Crippen LogP contribution in [0.25, 0.3) is 10.2 Å². The normalized spacial score (nSPS) is 13.6. The van der Waals surface area contributed by atoms with E-state index in [0.717, 1.165) is 39.7 Å². The molecule has 2 heterocycles. The molecule has 1 aliphatic rings. The van der Waals surface area contributed by atoms with E-state index < -0.39 is 5.97 Å². The molecule has 0 aliphatic heterocycles. The molecule has 0 spiro atoms. The van der Waals surface area contributed by atoms with Crippen LogP contribution < -0.4 is 5.32 Å². The van der Waals surface area contributed by atoms with Crippen LogP contribution in [0.5, 0.6) is 0 Å². The Morgan fingerprint density at radius 2 is 1.96 bits per heavy atom. The molecule has 0 radical (unpaired) electrons. The number of nitrogens with zero attached hydrogens (tertiary/aromatic N) is 2. The van der Waals surface area contributed by atoms with Gasteiger partial charge in [0.25, 0.3) is 0 Å². The van der Waals surface area contributed by atoms with Crippen molar-refractivity contribution in [3.05, 3.63) is 40.3 Å². The minimum atomic E-state index is -0.924. The maximum atomic E-state index is 11.0. The number of carboxylic acids is 1. The number of carbonyl (C=O) groups is 1. The van der Waals surface area contributed by atoms with Gasteiger partial charge in [-0.25, -0.2) is 14.8 Å². The highest BCUT2D eigenvalue weighted by Gasteiger charge is 2.21. The highest BCUT2D eigenvalue weighted by Crippen LogP contribution is 2.40. The Hall–Kier alpha value is -2.12. The van der Waals surface area contributed by atoms with Crippen molar-refractivity contribution in [2.24, 2.45) is 0 Å². The number of nitrogens with one attached hydrogen (secondary N) is 1. The van der Waals surface area contributed by atoms with Crippen molar-refractivity contribution in [1.82, 2.24) is 9.97 Å². The van der Waals surface area contributed by atoms with E-state index in [9.17, 15) is 4.79 Å². The van der Waals surface area contributed by atoms with E-state index >= 15 is 0 Å². The summed E-state index contributed by atoms with van der Waals surface area (Å²) in [6.45, 7) is 0. The molecule has 1 aromatic carbocycles. The molecule has 0 atom stereocenters. The van der Waals surface area contributed by atoms with Gasteiger partial charge < -0.3 is 10.4 Å². The van der Waals surface area contributed by atoms with Crippen molar-refractivity contribution in [2.45, 2.75) is 30.8 Å². The van der Waals surface area contributed by atoms with Crippen LogP contribution in [0.3, 0.4) is 0 Å². The molecule has 0 fully saturated rings. The van der Waals surface area contributed by atoms with Crippen LogP contribution in [0.15, 0.2) is 29.4 Å². The number of fused-ring (bicyclic) bond motifs is 3. The van der Waals surface area contributed by atoms with Gasteiger partial charge in [0, 0.05) is 10.6 Å². The lowest BCUT2D eigenvalue weighted by atomic mass is 9.97. The first-order valence-corrected chi connectivity index (χ1v) is 10.2. The first-order chi connectivity index (χ1) is 12.2. The molecule has 0 unspecified atom stereocenters. The standard InChI is InChI=1S/C18H17N3O2S2/c1-24-18-20-15(19-11-8-6-10(7-9-11)17(22)23)14-12-4-2-3-5-13(12)25-16(14)21-18/h6-9H,2-5H2,1H3,(H,22,23)(H,19,20,21). The minimum Gasteiger partial charge on any atom is -0.478 e. The Morgan fingerprint density at radius 3 is 2.68 bits per heavy atom. The van der Waals surface area contributed by atoms with Gasteiger partial charge in [-0.15, -0.1) is 11.3 Å². The summed E-state index contributed by atoms with van der Waals surface area (Å²) in [5.41, 5.74) is 2.48. The molecule has 2 N–H and O–H groups in total. The predicted octanol–water partition coefficient (Wildman–Crippen LogP) is 4.73. The van der Waals surface area contributed by atoms with Gasteiger partial charge in [0.1, 0.15) is 10.6 Å². The van der Waals surface area contributed by atoms with Crippen LogP contribution in [0.2, 0.25) is 0 Å². The molecule has 0 saturated heterocycles. The van der Waals surface area contributed by atoms with Crippen molar-refractivity contribution in [1.29, 1.82) is 0 Å². The summed E-state index contributed by atoms with van der Waals surface area (Å²) in [5.74, 6) is -0.107. The van der Waals surface area contributed by atoms with Gasteiger partial charge >= 0.3 is 5.97 Å². The quantitative estimate of drug-likeness (QED) is 0.510. The fourth-order valence-electron chi connectivity index (χ4n) is 3.15. The molecule has 5 nitrogen and oxygen atoms in total. The second kappa shape index (κ2) is 6.65. The molecule has 0 amide bonds. The third-order valence-electron chi connectivity index (χ3n) is 4.37. The smallest absolute Gasteiger partial charge is 0.335 e. The van der Waals surface area contributed by atoms with Crippen LogP contribution in [-0.2, 0) is 12.8 Å². The van der Waals surface area contributed by atoms with Crippen LogP contribution in [0.1, 0.15) is 33.6 Å². The van der Waals surface area contributed by atoms with Gasteiger partial charge in [-0.2, -0.15) is 0 Å². The molecular weight excluding hydrogens is 354 g/mol. The topological polar surface area (TPSA) is 75.1 Å². The van der Waals surface area contributed by atoms with Gasteiger partial charge in [-0.05, 0) is 61.8 Å². The van der Waals surface area contributed by atoms with Gasteiger partial charge in [-0.1, -0.05) is 11.8 Å². The van der Waals surface area contributed by atoms with E-state index in [1.165, 1.54) is 35.0 Å². The summed E-state index contributed by atoms with van der Waals surface area (Å²) in [4.78, 5) is 22.9. The lowest BCUT2D eigenvalue weighted by Crippen LogP contribution is -2.02. The monoisotopic (exact) mass is 371 g/mol. The SMILES string of the molecule is CSc1nc(Nc2ccc(C(=O)O)cc2)c2c3c(sc2n1)CCCC3. The predicted molar refractivity (Wildman–Crippen MR) is 103 cm³/mol. The maximum absolute atomic E-state index is 11.0. The summed E-state index contributed by atoms with van der Waals surface area (Å²) >= 11 is 3.31. The first-order valence-electron chi connectivity index (χ1n) is 8.12. The number of hydrogen-bond donors (Lipinski definition) is 2. The zero-order valence-electron chi connectivity index (χ0n) is 13.7. The molecular formula is C18H17N3O2S2. The van der Waals surface area contributed by atoms with E-state index in [2.05, 4.69) is 10.3 Å². The second-order valence-corrected chi connectivity index (χ2v) is 7.81. The highest BCUT2D eigenvalue weighted by molar-refractivity contribution is 7.98. The number of thiophene rings is 1. The molecule has 25 heavy (non-hydrogen) atoms. The van der Waals surface area contributed by atoms with E-state index in [1.807, 2.05) is 6.26 Å². The lowest BCUT2D eigenvalue weighted by Gasteiger charge is -2.13. The Bertz CT molecular complexity index is 951. The minimum absolute atomic E-state index is 0.274. The van der Waals surface area contributed by atoms with E-state index in [-0.39, 0.29) is 5.56 Å². The average Bonchev–Trinajstić information content (AvgIpc) is 3.00. The number of aromatic nitrogens is 2. The van der Waals surface area contributed by atoms with Crippen LogP contribution >= 0.6 is 23.1 Å². The zero-order valence-corrected chi connectivity index (χ0v) is 15.3. The molecule has 128 valence electrons. The number of carboxylic acid groups (broad SMARTS) is 1. The summed E-state index contributed by atoms with van der Waals surface area (Å²) in [5, 5.41) is 14.3. The molecule has 4 rings (SSSR count). The van der Waals surface area contributed by atoms with Crippen molar-refractivity contribution in [2.75, 3.05) is 11.6 Å². The van der Waals surface area contributed by atoms with Gasteiger partial charge in [-0.3, -0.25) is 0 Å². The van der Waals surface area contributed by atoms with Crippen molar-refractivity contribution in [3.63, 3.8) is 0 Å². The third kappa shape index (κ3) is 3.09. The van der Waals surface area contributed by atoms with Gasteiger partial charge in [0.15, 0.2) is 5.16 Å². The van der Waals surface area contributed by atoms with Crippen LogP contribution in [0, 0.1) is 0 Å². The summed E-state index contributed by atoms with van der Waals surface area (Å²) in [7, 11) is 0.